The Morgan fingerprint density at radius 3 is 2.55 bits per heavy atom. The molecule has 0 bridgehead atoms. The van der Waals surface area contributed by atoms with E-state index in [0.29, 0.717) is 27.0 Å². The summed E-state index contributed by atoms with van der Waals surface area (Å²) < 4.78 is 6.43. The molecule has 2 nitrogen and oxygen atoms in total. The highest BCUT2D eigenvalue weighted by atomic mass is 79.9. The van der Waals surface area contributed by atoms with E-state index in [0.717, 1.165) is 9.86 Å². The first-order chi connectivity index (χ1) is 9.56. The van der Waals surface area contributed by atoms with Crippen molar-refractivity contribution in [1.29, 1.82) is 0 Å². The highest BCUT2D eigenvalue weighted by Crippen LogP contribution is 2.33. The summed E-state index contributed by atoms with van der Waals surface area (Å²) in [6.45, 7) is 0. The van der Waals surface area contributed by atoms with Crippen molar-refractivity contribution in [2.45, 2.75) is 6.10 Å². The summed E-state index contributed by atoms with van der Waals surface area (Å²) in [6.07, 6.45) is -0.885. The van der Waals surface area contributed by atoms with Gasteiger partial charge >= 0.3 is 0 Å². The second-order valence-electron chi connectivity index (χ2n) is 4.38. The zero-order valence-electron chi connectivity index (χ0n) is 10.1. The first kappa shape index (κ1) is 14.0. The molecular formula is C15H9BrCl2O2. The number of hydrogen-bond donors (Lipinski definition) is 1. The van der Waals surface area contributed by atoms with Crippen LogP contribution < -0.4 is 0 Å². The first-order valence-electron chi connectivity index (χ1n) is 5.87. The second kappa shape index (κ2) is 5.41. The smallest absolute Gasteiger partial charge is 0.153 e. The molecule has 2 aromatic carbocycles. The molecule has 0 aliphatic rings. The molecular weight excluding hydrogens is 363 g/mol. The van der Waals surface area contributed by atoms with Crippen LogP contribution in [0.1, 0.15) is 17.4 Å². The lowest BCUT2D eigenvalue weighted by Gasteiger charge is -2.09. The average molecular weight is 372 g/mol. The number of aliphatic hydroxyl groups excluding tert-OH is 1. The van der Waals surface area contributed by atoms with E-state index < -0.39 is 6.10 Å². The van der Waals surface area contributed by atoms with Gasteiger partial charge in [-0.2, -0.15) is 0 Å². The van der Waals surface area contributed by atoms with Crippen molar-refractivity contribution in [3.63, 3.8) is 0 Å². The largest absolute Gasteiger partial charge is 0.456 e. The minimum absolute atomic E-state index is 0.437. The molecule has 5 heteroatoms. The molecule has 3 rings (SSSR count). The van der Waals surface area contributed by atoms with E-state index in [4.69, 9.17) is 27.6 Å². The molecule has 0 radical (unpaired) electrons. The maximum Gasteiger partial charge on any atom is 0.153 e. The lowest BCUT2D eigenvalue weighted by molar-refractivity contribution is 0.192. The average Bonchev–Trinajstić information content (AvgIpc) is 2.86. The lowest BCUT2D eigenvalue weighted by Crippen LogP contribution is -1.97. The van der Waals surface area contributed by atoms with Gasteiger partial charge in [0.15, 0.2) is 5.58 Å². The summed E-state index contributed by atoms with van der Waals surface area (Å²) in [7, 11) is 0. The first-order valence-corrected chi connectivity index (χ1v) is 7.42. The minimum atomic E-state index is -0.885. The van der Waals surface area contributed by atoms with Crippen molar-refractivity contribution in [3.05, 3.63) is 68.3 Å². The van der Waals surface area contributed by atoms with E-state index in [1.165, 1.54) is 0 Å². The monoisotopic (exact) mass is 370 g/mol. The van der Waals surface area contributed by atoms with Crippen molar-refractivity contribution in [2.24, 2.45) is 0 Å². The summed E-state index contributed by atoms with van der Waals surface area (Å²) >= 11 is 15.4. The zero-order valence-corrected chi connectivity index (χ0v) is 13.2. The van der Waals surface area contributed by atoms with Crippen LogP contribution in [-0.2, 0) is 0 Å². The molecule has 1 aromatic heterocycles. The third-order valence-electron chi connectivity index (χ3n) is 3.04. The third-order valence-corrected chi connectivity index (χ3v) is 4.57. The number of hydrogen-bond acceptors (Lipinski definition) is 2. The van der Waals surface area contributed by atoms with E-state index in [1.807, 2.05) is 12.1 Å². The lowest BCUT2D eigenvalue weighted by atomic mass is 10.1. The van der Waals surface area contributed by atoms with Crippen LogP contribution in [0.3, 0.4) is 0 Å². The SMILES string of the molecule is OC(c1ccc(Br)c(Cl)c1)c1cc2cccc(Cl)c2o1. The number of furan rings is 1. The normalized spacial score (nSPS) is 12.8. The van der Waals surface area contributed by atoms with Gasteiger partial charge < -0.3 is 9.52 Å². The van der Waals surface area contributed by atoms with E-state index >= 15 is 0 Å². The predicted octanol–water partition coefficient (Wildman–Crippen LogP) is 5.58. The Hall–Kier alpha value is -1.00. The van der Waals surface area contributed by atoms with Crippen molar-refractivity contribution in [2.75, 3.05) is 0 Å². The number of rotatable bonds is 2. The summed E-state index contributed by atoms with van der Waals surface area (Å²) in [5, 5.41) is 12.3. The van der Waals surface area contributed by atoms with Crippen molar-refractivity contribution >= 4 is 50.1 Å². The molecule has 0 saturated heterocycles. The molecule has 0 fully saturated rings. The van der Waals surface area contributed by atoms with Gasteiger partial charge in [-0.05, 0) is 45.8 Å². The summed E-state index contributed by atoms with van der Waals surface area (Å²) in [6, 6.07) is 12.5. The maximum atomic E-state index is 10.4. The van der Waals surface area contributed by atoms with Crippen LogP contribution in [0.2, 0.25) is 10.0 Å². The van der Waals surface area contributed by atoms with Gasteiger partial charge in [-0.3, -0.25) is 0 Å². The number of aliphatic hydroxyl groups is 1. The highest BCUT2D eigenvalue weighted by molar-refractivity contribution is 9.10. The minimum Gasteiger partial charge on any atom is -0.456 e. The Kier molecular flexibility index (Phi) is 3.78. The van der Waals surface area contributed by atoms with Crippen molar-refractivity contribution in [1.82, 2.24) is 0 Å². The summed E-state index contributed by atoms with van der Waals surface area (Å²) in [4.78, 5) is 0. The fraction of sp³-hybridized carbons (Fsp3) is 0.0667. The van der Waals surface area contributed by atoms with Gasteiger partial charge in [0.25, 0.3) is 0 Å². The van der Waals surface area contributed by atoms with E-state index in [1.54, 1.807) is 30.3 Å². The molecule has 3 aromatic rings. The molecule has 1 heterocycles. The molecule has 0 amide bonds. The Labute approximate surface area is 134 Å². The van der Waals surface area contributed by atoms with E-state index in [-0.39, 0.29) is 0 Å². The van der Waals surface area contributed by atoms with E-state index in [2.05, 4.69) is 15.9 Å². The summed E-state index contributed by atoms with van der Waals surface area (Å²) in [5.41, 5.74) is 1.24. The number of benzene rings is 2. The molecule has 0 aliphatic carbocycles. The topological polar surface area (TPSA) is 33.4 Å². The molecule has 0 aliphatic heterocycles. The second-order valence-corrected chi connectivity index (χ2v) is 6.05. The van der Waals surface area contributed by atoms with Gasteiger partial charge in [-0.25, -0.2) is 0 Å². The molecule has 20 heavy (non-hydrogen) atoms. The quantitative estimate of drug-likeness (QED) is 0.637. The fourth-order valence-electron chi connectivity index (χ4n) is 2.03. The Morgan fingerprint density at radius 2 is 1.85 bits per heavy atom. The fourth-order valence-corrected chi connectivity index (χ4v) is 2.68. The van der Waals surface area contributed by atoms with Gasteiger partial charge in [0, 0.05) is 9.86 Å². The van der Waals surface area contributed by atoms with E-state index in [9.17, 15) is 5.11 Å². The number of fused-ring (bicyclic) bond motifs is 1. The van der Waals surface area contributed by atoms with Gasteiger partial charge in [-0.1, -0.05) is 41.4 Å². The Balaban J connectivity index is 2.05. The van der Waals surface area contributed by atoms with Crippen LogP contribution in [0.15, 0.2) is 51.4 Å². The van der Waals surface area contributed by atoms with Crippen molar-refractivity contribution in [3.8, 4) is 0 Å². The highest BCUT2D eigenvalue weighted by Gasteiger charge is 2.17. The Bertz CT molecular complexity index is 783. The number of halogens is 3. The predicted molar refractivity (Wildman–Crippen MR) is 84.4 cm³/mol. The van der Waals surface area contributed by atoms with Gasteiger partial charge in [0.05, 0.1) is 10.0 Å². The number of para-hydroxylation sites is 1. The van der Waals surface area contributed by atoms with Crippen molar-refractivity contribution < 1.29 is 9.52 Å². The summed E-state index contributed by atoms with van der Waals surface area (Å²) in [5.74, 6) is 0.437. The molecule has 1 N–H and O–H groups in total. The van der Waals surface area contributed by atoms with Crippen LogP contribution in [0.5, 0.6) is 0 Å². The maximum absolute atomic E-state index is 10.4. The van der Waals surface area contributed by atoms with Crippen LogP contribution >= 0.6 is 39.1 Å². The molecule has 1 unspecified atom stereocenters. The van der Waals surface area contributed by atoms with Crippen LogP contribution in [0, 0.1) is 0 Å². The van der Waals surface area contributed by atoms with Crippen LogP contribution in [0.4, 0.5) is 0 Å². The van der Waals surface area contributed by atoms with Gasteiger partial charge in [-0.15, -0.1) is 0 Å². The molecule has 102 valence electrons. The van der Waals surface area contributed by atoms with Gasteiger partial charge in [0.2, 0.25) is 0 Å². The van der Waals surface area contributed by atoms with Crippen LogP contribution in [0.25, 0.3) is 11.0 Å². The molecule has 0 spiro atoms. The third kappa shape index (κ3) is 2.47. The zero-order chi connectivity index (χ0) is 14.3. The molecule has 0 saturated carbocycles. The molecule has 1 atom stereocenters. The van der Waals surface area contributed by atoms with Crippen LogP contribution in [-0.4, -0.2) is 5.11 Å². The van der Waals surface area contributed by atoms with Gasteiger partial charge in [0.1, 0.15) is 11.9 Å². The Morgan fingerprint density at radius 1 is 1.05 bits per heavy atom. The standard InChI is InChI=1S/C15H9BrCl2O2/c16-10-5-4-8(6-12(10)18)14(19)13-7-9-2-1-3-11(17)15(9)20-13/h1-7,14,19H.